The van der Waals surface area contributed by atoms with Gasteiger partial charge in [0.15, 0.2) is 0 Å². The van der Waals surface area contributed by atoms with Gasteiger partial charge in [-0.3, -0.25) is 0 Å². The number of hydrogen-bond donors (Lipinski definition) is 0. The summed E-state index contributed by atoms with van der Waals surface area (Å²) in [6, 6.07) is 14.3. The molecule has 1 aliphatic rings. The van der Waals surface area contributed by atoms with E-state index in [0.717, 1.165) is 35.8 Å². The van der Waals surface area contributed by atoms with Gasteiger partial charge in [0.25, 0.3) is 5.75 Å². The third-order valence-corrected chi connectivity index (χ3v) is 7.91. The van der Waals surface area contributed by atoms with Gasteiger partial charge in [-0.2, -0.15) is 4.39 Å². The first-order valence-electron chi connectivity index (χ1n) is 13.8. The van der Waals surface area contributed by atoms with Crippen LogP contribution in [0.3, 0.4) is 0 Å². The van der Waals surface area contributed by atoms with Crippen molar-refractivity contribution < 1.29 is 9.13 Å². The largest absolute Gasteiger partial charge is 0.576 e. The molecule has 2 aromatic rings. The molecule has 34 heavy (non-hydrogen) atoms. The molecule has 2 unspecified atom stereocenters. The summed E-state index contributed by atoms with van der Waals surface area (Å²) in [5.41, 5.74) is 3.42. The Labute approximate surface area is 207 Å². The summed E-state index contributed by atoms with van der Waals surface area (Å²) in [6.45, 7) is 10.8. The maximum absolute atomic E-state index is 14.9. The van der Waals surface area contributed by atoms with Crippen LogP contribution in [0.15, 0.2) is 55.1 Å². The van der Waals surface area contributed by atoms with Crippen LogP contribution >= 0.6 is 0 Å². The van der Waals surface area contributed by atoms with Crippen molar-refractivity contribution in [2.75, 3.05) is 0 Å². The van der Waals surface area contributed by atoms with Crippen LogP contribution in [0.2, 0.25) is 0 Å². The molecule has 2 heteroatoms. The van der Waals surface area contributed by atoms with E-state index in [0.29, 0.717) is 11.7 Å². The SMILES string of the molecule is C=CC(CCCCCC)[OH+]c1ccc(-c2ccc(C3CCC(C(C)CCC)CC3)cc2)cc1F. The van der Waals surface area contributed by atoms with E-state index in [-0.39, 0.29) is 11.9 Å². The van der Waals surface area contributed by atoms with Crippen LogP contribution < -0.4 is 0 Å². The quantitative estimate of drug-likeness (QED) is 0.159. The molecule has 1 saturated carbocycles. The van der Waals surface area contributed by atoms with Crippen molar-refractivity contribution in [3.05, 3.63) is 66.5 Å². The first-order valence-corrected chi connectivity index (χ1v) is 13.8. The predicted octanol–water partition coefficient (Wildman–Crippen LogP) is 9.97. The molecule has 0 amide bonds. The molecule has 0 saturated heterocycles. The van der Waals surface area contributed by atoms with Crippen molar-refractivity contribution in [2.24, 2.45) is 11.8 Å². The molecule has 0 spiro atoms. The van der Waals surface area contributed by atoms with Crippen molar-refractivity contribution >= 4 is 0 Å². The van der Waals surface area contributed by atoms with Gasteiger partial charge in [-0.1, -0.05) is 83.7 Å². The van der Waals surface area contributed by atoms with Gasteiger partial charge in [0.05, 0.1) is 0 Å². The number of rotatable bonds is 13. The van der Waals surface area contributed by atoms with E-state index in [1.54, 1.807) is 6.07 Å². The molecule has 186 valence electrons. The van der Waals surface area contributed by atoms with Gasteiger partial charge in [-0.05, 0) is 84.8 Å². The van der Waals surface area contributed by atoms with Gasteiger partial charge in [0, 0.05) is 12.5 Å². The average Bonchev–Trinajstić information content (AvgIpc) is 2.87. The molecule has 0 aromatic heterocycles. The number of aromatic hydroxyl groups is 1. The second-order valence-corrected chi connectivity index (χ2v) is 10.4. The van der Waals surface area contributed by atoms with Crippen molar-refractivity contribution in [1.82, 2.24) is 0 Å². The van der Waals surface area contributed by atoms with Crippen molar-refractivity contribution in [1.29, 1.82) is 0 Å². The van der Waals surface area contributed by atoms with Gasteiger partial charge in [0.1, 0.15) is 0 Å². The van der Waals surface area contributed by atoms with E-state index >= 15 is 0 Å². The van der Waals surface area contributed by atoms with Crippen LogP contribution in [0.4, 0.5) is 4.39 Å². The standard InChI is InChI=1S/C32H45FO/c1-5-8-9-10-12-30(7-3)34-32-22-21-29(23-31(32)33)28-19-17-27(18-20-28)26-15-13-25(14-16-26)24(4)11-6-2/h7,17-26,30H,3,5-6,8-16H2,1-2,4H3/p+1. The molecule has 0 radical (unpaired) electrons. The molecule has 3 rings (SSSR count). The van der Waals surface area contributed by atoms with Crippen LogP contribution in [-0.2, 0) is 0 Å². The average molecular weight is 466 g/mol. The maximum Gasteiger partial charge on any atom is 0.291 e. The Kier molecular flexibility index (Phi) is 10.7. The third-order valence-electron chi connectivity index (χ3n) is 7.91. The Morgan fingerprint density at radius 3 is 2.24 bits per heavy atom. The Hall–Kier alpha value is -2.09. The monoisotopic (exact) mass is 465 g/mol. The van der Waals surface area contributed by atoms with Crippen molar-refractivity contribution in [2.45, 2.75) is 103 Å². The Bertz CT molecular complexity index is 863. The van der Waals surface area contributed by atoms with Crippen LogP contribution in [0.1, 0.15) is 103 Å². The lowest BCUT2D eigenvalue weighted by atomic mass is 9.73. The van der Waals surface area contributed by atoms with E-state index in [2.05, 4.69) is 56.4 Å². The van der Waals surface area contributed by atoms with Gasteiger partial charge < -0.3 is 4.74 Å². The first-order chi connectivity index (χ1) is 16.5. The molecule has 0 aliphatic heterocycles. The fourth-order valence-electron chi connectivity index (χ4n) is 5.65. The highest BCUT2D eigenvalue weighted by Gasteiger charge is 2.25. The van der Waals surface area contributed by atoms with Gasteiger partial charge in [-0.25, -0.2) is 0 Å². The molecular formula is C32H46FO+. The lowest BCUT2D eigenvalue weighted by molar-refractivity contribution is 0.00507. The van der Waals surface area contributed by atoms with Crippen LogP contribution in [0.5, 0.6) is 5.75 Å². The molecule has 1 nitrogen and oxygen atoms in total. The van der Waals surface area contributed by atoms with Crippen LogP contribution in [0.25, 0.3) is 11.1 Å². The Morgan fingerprint density at radius 2 is 1.62 bits per heavy atom. The summed E-state index contributed by atoms with van der Waals surface area (Å²) in [4.78, 5) is 0. The fraction of sp³-hybridized carbons (Fsp3) is 0.562. The maximum atomic E-state index is 14.9. The second kappa shape index (κ2) is 13.7. The normalized spacial score (nSPS) is 20.0. The second-order valence-electron chi connectivity index (χ2n) is 10.4. The molecule has 0 bridgehead atoms. The van der Waals surface area contributed by atoms with E-state index in [1.807, 2.05) is 18.2 Å². The molecular weight excluding hydrogens is 419 g/mol. The Balaban J connectivity index is 1.57. The summed E-state index contributed by atoms with van der Waals surface area (Å²) >= 11 is 0. The zero-order chi connectivity index (χ0) is 24.3. The third kappa shape index (κ3) is 7.45. The number of halogens is 1. The van der Waals surface area contributed by atoms with E-state index in [9.17, 15) is 4.39 Å². The van der Waals surface area contributed by atoms with Gasteiger partial charge >= 0.3 is 0 Å². The summed E-state index contributed by atoms with van der Waals surface area (Å²) in [5.74, 6) is 2.63. The Morgan fingerprint density at radius 1 is 0.912 bits per heavy atom. The molecule has 0 heterocycles. The van der Waals surface area contributed by atoms with Gasteiger partial charge in [0.2, 0.25) is 11.9 Å². The number of benzene rings is 2. The highest BCUT2D eigenvalue weighted by molar-refractivity contribution is 5.64. The number of aliphatic hydroxyl groups is 1. The minimum Gasteiger partial charge on any atom is -0.576 e. The topological polar surface area (TPSA) is 12.8 Å². The minimum atomic E-state index is -0.249. The van der Waals surface area contributed by atoms with E-state index in [4.69, 9.17) is 0 Å². The zero-order valence-electron chi connectivity index (χ0n) is 21.7. The van der Waals surface area contributed by atoms with E-state index in [1.165, 1.54) is 63.4 Å². The molecule has 2 aromatic carbocycles. The summed E-state index contributed by atoms with van der Waals surface area (Å²) < 4.78 is 19.5. The summed E-state index contributed by atoms with van der Waals surface area (Å²) in [5, 5.41) is 0. The predicted molar refractivity (Wildman–Crippen MR) is 145 cm³/mol. The van der Waals surface area contributed by atoms with Crippen molar-refractivity contribution in [3.8, 4) is 16.9 Å². The number of ether oxygens (including phenoxy) is 1. The highest BCUT2D eigenvalue weighted by Crippen LogP contribution is 2.40. The highest BCUT2D eigenvalue weighted by atomic mass is 19.1. The van der Waals surface area contributed by atoms with Crippen LogP contribution in [0, 0.1) is 17.7 Å². The lowest BCUT2D eigenvalue weighted by Crippen LogP contribution is -2.19. The minimum absolute atomic E-state index is 0.0171. The smallest absolute Gasteiger partial charge is 0.291 e. The number of unbranched alkanes of at least 4 members (excludes halogenated alkanes) is 3. The summed E-state index contributed by atoms with van der Waals surface area (Å²) in [7, 11) is 0. The fourth-order valence-corrected chi connectivity index (χ4v) is 5.65. The van der Waals surface area contributed by atoms with Gasteiger partial charge in [-0.15, -0.1) is 0 Å². The molecule has 1 N–H and O–H groups in total. The van der Waals surface area contributed by atoms with E-state index < -0.39 is 0 Å². The zero-order valence-corrected chi connectivity index (χ0v) is 21.7. The lowest BCUT2D eigenvalue weighted by Gasteiger charge is -2.32. The number of hydrogen-bond acceptors (Lipinski definition) is 0. The van der Waals surface area contributed by atoms with Crippen molar-refractivity contribution in [3.63, 3.8) is 0 Å². The van der Waals surface area contributed by atoms with Crippen LogP contribution in [-0.4, -0.2) is 10.8 Å². The first kappa shape index (κ1) is 26.5. The molecule has 1 fully saturated rings. The summed E-state index contributed by atoms with van der Waals surface area (Å²) in [6.07, 6.45) is 15.5. The molecule has 1 aliphatic carbocycles. The molecule has 2 atom stereocenters.